The lowest BCUT2D eigenvalue weighted by Crippen LogP contribution is -2.22. The van der Waals surface area contributed by atoms with Crippen molar-refractivity contribution in [3.05, 3.63) is 65.2 Å². The van der Waals surface area contributed by atoms with Gasteiger partial charge < -0.3 is 5.32 Å². The first kappa shape index (κ1) is 15.1. The average molecular weight is 301 g/mol. The highest BCUT2D eigenvalue weighted by atomic mass is 14.9. The van der Waals surface area contributed by atoms with Gasteiger partial charge in [0.1, 0.15) is 6.07 Å². The highest BCUT2D eigenvalue weighted by Gasteiger charge is 2.37. The fourth-order valence-electron chi connectivity index (χ4n) is 3.49. The fourth-order valence-corrected chi connectivity index (χ4v) is 3.49. The van der Waals surface area contributed by atoms with E-state index >= 15 is 0 Å². The van der Waals surface area contributed by atoms with Crippen molar-refractivity contribution in [3.8, 4) is 12.1 Å². The SMILES string of the molecule is N#Cc1ccccc1NCc1ccccc1C1(C#N)CCCC1. The number of nitriles is 2. The monoisotopic (exact) mass is 301 g/mol. The molecule has 2 aromatic rings. The Bertz CT molecular complexity index is 774. The largest absolute Gasteiger partial charge is 0.380 e. The van der Waals surface area contributed by atoms with Crippen LogP contribution in [0, 0.1) is 22.7 Å². The summed E-state index contributed by atoms with van der Waals surface area (Å²) < 4.78 is 0. The zero-order valence-corrected chi connectivity index (χ0v) is 13.0. The molecule has 3 rings (SSSR count). The topological polar surface area (TPSA) is 59.6 Å². The molecule has 1 N–H and O–H groups in total. The lowest BCUT2D eigenvalue weighted by Gasteiger charge is -2.24. The standard InChI is InChI=1S/C20H19N3/c21-13-16-7-2-4-10-19(16)23-14-17-8-1-3-9-18(17)20(15-22)11-5-6-12-20/h1-4,7-10,23H,5-6,11-12,14H2. The maximum atomic E-state index is 9.75. The van der Waals surface area contributed by atoms with Crippen LogP contribution < -0.4 is 5.32 Å². The molecule has 0 unspecified atom stereocenters. The summed E-state index contributed by atoms with van der Waals surface area (Å²) in [6, 6.07) is 20.5. The Kier molecular flexibility index (Phi) is 4.31. The predicted octanol–water partition coefficient (Wildman–Crippen LogP) is 4.51. The minimum atomic E-state index is -0.340. The zero-order valence-electron chi connectivity index (χ0n) is 13.0. The van der Waals surface area contributed by atoms with E-state index in [1.165, 1.54) is 0 Å². The van der Waals surface area contributed by atoms with E-state index in [2.05, 4.69) is 29.6 Å². The molecule has 1 fully saturated rings. The normalized spacial score (nSPS) is 15.6. The molecule has 0 heterocycles. The molecular weight excluding hydrogens is 282 g/mol. The average Bonchev–Trinajstić information content (AvgIpc) is 3.10. The third kappa shape index (κ3) is 2.91. The summed E-state index contributed by atoms with van der Waals surface area (Å²) in [7, 11) is 0. The molecule has 0 spiro atoms. The van der Waals surface area contributed by atoms with Gasteiger partial charge in [-0.3, -0.25) is 0 Å². The molecule has 2 aromatic carbocycles. The summed E-state index contributed by atoms with van der Waals surface area (Å²) in [6.07, 6.45) is 4.11. The molecular formula is C20H19N3. The summed E-state index contributed by atoms with van der Waals surface area (Å²) in [6.45, 7) is 0.623. The van der Waals surface area contributed by atoms with Gasteiger partial charge >= 0.3 is 0 Å². The van der Waals surface area contributed by atoms with Crippen molar-refractivity contribution in [2.45, 2.75) is 37.6 Å². The van der Waals surface area contributed by atoms with Crippen molar-refractivity contribution >= 4 is 5.69 Å². The summed E-state index contributed by atoms with van der Waals surface area (Å²) in [4.78, 5) is 0. The van der Waals surface area contributed by atoms with Crippen molar-refractivity contribution in [2.75, 3.05) is 5.32 Å². The van der Waals surface area contributed by atoms with E-state index in [9.17, 15) is 10.5 Å². The smallest absolute Gasteiger partial charge is 0.101 e. The van der Waals surface area contributed by atoms with E-state index in [-0.39, 0.29) is 5.41 Å². The van der Waals surface area contributed by atoms with Gasteiger partial charge in [0.05, 0.1) is 22.7 Å². The highest BCUT2D eigenvalue weighted by Crippen LogP contribution is 2.42. The van der Waals surface area contributed by atoms with Crippen LogP contribution in [0.25, 0.3) is 0 Å². The molecule has 1 aliphatic rings. The first-order chi connectivity index (χ1) is 11.3. The molecule has 0 atom stereocenters. The van der Waals surface area contributed by atoms with E-state index in [0.717, 1.165) is 42.5 Å². The van der Waals surface area contributed by atoms with Crippen LogP contribution in [-0.2, 0) is 12.0 Å². The molecule has 1 saturated carbocycles. The van der Waals surface area contributed by atoms with Crippen LogP contribution in [-0.4, -0.2) is 0 Å². The number of rotatable bonds is 4. The molecule has 0 aliphatic heterocycles. The minimum absolute atomic E-state index is 0.340. The Labute approximate surface area is 137 Å². The predicted molar refractivity (Wildman–Crippen MR) is 90.7 cm³/mol. The Morgan fingerprint density at radius 2 is 1.65 bits per heavy atom. The molecule has 114 valence electrons. The number of nitrogens with one attached hydrogen (secondary N) is 1. The van der Waals surface area contributed by atoms with Gasteiger partial charge in [0.15, 0.2) is 0 Å². The first-order valence-electron chi connectivity index (χ1n) is 8.02. The van der Waals surface area contributed by atoms with Crippen LogP contribution in [0.5, 0.6) is 0 Å². The number of para-hydroxylation sites is 1. The van der Waals surface area contributed by atoms with E-state index in [1.807, 2.05) is 36.4 Å². The van der Waals surface area contributed by atoms with Crippen molar-refractivity contribution in [1.82, 2.24) is 0 Å². The fraction of sp³-hybridized carbons (Fsp3) is 0.300. The second-order valence-electron chi connectivity index (χ2n) is 6.07. The van der Waals surface area contributed by atoms with Crippen molar-refractivity contribution < 1.29 is 0 Å². The molecule has 0 bridgehead atoms. The summed E-state index contributed by atoms with van der Waals surface area (Å²) >= 11 is 0. The maximum Gasteiger partial charge on any atom is 0.101 e. The van der Waals surface area contributed by atoms with Gasteiger partial charge in [0.2, 0.25) is 0 Å². The Morgan fingerprint density at radius 3 is 2.39 bits per heavy atom. The molecule has 1 aliphatic carbocycles. The van der Waals surface area contributed by atoms with Crippen LogP contribution in [0.4, 0.5) is 5.69 Å². The van der Waals surface area contributed by atoms with Gasteiger partial charge in [0, 0.05) is 6.54 Å². The molecule has 0 aromatic heterocycles. The van der Waals surface area contributed by atoms with Crippen LogP contribution in [0.15, 0.2) is 48.5 Å². The van der Waals surface area contributed by atoms with E-state index in [0.29, 0.717) is 12.1 Å². The molecule has 0 radical (unpaired) electrons. The lowest BCUT2D eigenvalue weighted by molar-refractivity contribution is 0.567. The number of benzene rings is 2. The number of hydrogen-bond acceptors (Lipinski definition) is 3. The van der Waals surface area contributed by atoms with Gasteiger partial charge in [-0.1, -0.05) is 49.2 Å². The first-order valence-corrected chi connectivity index (χ1v) is 8.02. The van der Waals surface area contributed by atoms with Crippen molar-refractivity contribution in [2.24, 2.45) is 0 Å². The van der Waals surface area contributed by atoms with Gasteiger partial charge in [-0.2, -0.15) is 10.5 Å². The molecule has 0 saturated heterocycles. The second kappa shape index (κ2) is 6.55. The number of hydrogen-bond donors (Lipinski definition) is 1. The van der Waals surface area contributed by atoms with Crippen LogP contribution in [0.3, 0.4) is 0 Å². The Balaban J connectivity index is 1.87. The van der Waals surface area contributed by atoms with Gasteiger partial charge in [-0.05, 0) is 36.1 Å². The van der Waals surface area contributed by atoms with E-state index in [4.69, 9.17) is 0 Å². The van der Waals surface area contributed by atoms with Gasteiger partial charge in [-0.15, -0.1) is 0 Å². The van der Waals surface area contributed by atoms with Crippen LogP contribution >= 0.6 is 0 Å². The van der Waals surface area contributed by atoms with Crippen molar-refractivity contribution in [1.29, 1.82) is 10.5 Å². The maximum absolute atomic E-state index is 9.75. The third-order valence-electron chi connectivity index (χ3n) is 4.72. The Hall–Kier alpha value is -2.78. The van der Waals surface area contributed by atoms with Crippen LogP contribution in [0.1, 0.15) is 42.4 Å². The van der Waals surface area contributed by atoms with Crippen LogP contribution in [0.2, 0.25) is 0 Å². The van der Waals surface area contributed by atoms with E-state index < -0.39 is 0 Å². The highest BCUT2D eigenvalue weighted by molar-refractivity contribution is 5.57. The quantitative estimate of drug-likeness (QED) is 0.904. The molecule has 0 amide bonds. The van der Waals surface area contributed by atoms with Crippen molar-refractivity contribution in [3.63, 3.8) is 0 Å². The second-order valence-corrected chi connectivity index (χ2v) is 6.07. The van der Waals surface area contributed by atoms with Gasteiger partial charge in [0.25, 0.3) is 0 Å². The molecule has 23 heavy (non-hydrogen) atoms. The molecule has 3 heteroatoms. The number of nitrogens with zero attached hydrogens (tertiary/aromatic N) is 2. The number of anilines is 1. The molecule has 3 nitrogen and oxygen atoms in total. The minimum Gasteiger partial charge on any atom is -0.380 e. The van der Waals surface area contributed by atoms with E-state index in [1.54, 1.807) is 0 Å². The Morgan fingerprint density at radius 1 is 0.957 bits per heavy atom. The summed E-state index contributed by atoms with van der Waals surface area (Å²) in [5.41, 5.74) is 3.42. The zero-order chi connectivity index (χ0) is 16.1. The summed E-state index contributed by atoms with van der Waals surface area (Å²) in [5, 5.41) is 22.3. The summed E-state index contributed by atoms with van der Waals surface area (Å²) in [5.74, 6) is 0. The third-order valence-corrected chi connectivity index (χ3v) is 4.72. The lowest BCUT2D eigenvalue weighted by atomic mass is 9.78. The van der Waals surface area contributed by atoms with Gasteiger partial charge in [-0.25, -0.2) is 0 Å².